The van der Waals surface area contributed by atoms with Crippen molar-refractivity contribution in [2.24, 2.45) is 0 Å². The first-order chi connectivity index (χ1) is 9.20. The monoisotopic (exact) mass is 370 g/mol. The first-order valence-corrected chi connectivity index (χ1v) is 5.52. The van der Waals surface area contributed by atoms with E-state index < -0.39 is 50.1 Å². The van der Waals surface area contributed by atoms with Crippen LogP contribution in [0.5, 0.6) is 0 Å². The summed E-state index contributed by atoms with van der Waals surface area (Å²) in [5.41, 5.74) is 0. The van der Waals surface area contributed by atoms with Gasteiger partial charge in [0.15, 0.2) is 0 Å². The van der Waals surface area contributed by atoms with E-state index in [1.54, 1.807) is 0 Å². The van der Waals surface area contributed by atoms with Gasteiger partial charge in [0, 0.05) is 13.1 Å². The minimum Gasteiger partial charge on any atom is -0.870 e. The molecular formula is C10H19AlN2O11. The average molecular weight is 370 g/mol. The van der Waals surface area contributed by atoms with Gasteiger partial charge in [-0.25, -0.2) is 0 Å². The molecule has 0 aliphatic carbocycles. The van der Waals surface area contributed by atoms with Crippen molar-refractivity contribution < 1.29 is 56.0 Å². The number of carboxylic acid groups (broad SMARTS) is 4. The molecule has 0 aromatic rings. The van der Waals surface area contributed by atoms with E-state index in [0.717, 1.165) is 9.80 Å². The molecule has 0 aromatic heterocycles. The summed E-state index contributed by atoms with van der Waals surface area (Å²) in [6, 6.07) is 0. The molecule has 13 nitrogen and oxygen atoms in total. The van der Waals surface area contributed by atoms with Gasteiger partial charge in [0.25, 0.3) is 0 Å². The first-order valence-electron chi connectivity index (χ1n) is 5.52. The van der Waals surface area contributed by atoms with E-state index in [-0.39, 0.29) is 46.9 Å². The van der Waals surface area contributed by atoms with Crippen LogP contribution < -0.4 is 0 Å². The van der Waals surface area contributed by atoms with Gasteiger partial charge in [-0.2, -0.15) is 0 Å². The van der Waals surface area contributed by atoms with Crippen LogP contribution in [0.1, 0.15) is 0 Å². The Kier molecular flexibility index (Phi) is 24.7. The van der Waals surface area contributed by atoms with Gasteiger partial charge in [0.1, 0.15) is 0 Å². The maximum atomic E-state index is 10.6. The Hall–Kier alpha value is -1.79. The van der Waals surface area contributed by atoms with Gasteiger partial charge in [0.2, 0.25) is 0 Å². The van der Waals surface area contributed by atoms with Crippen molar-refractivity contribution in [2.75, 3.05) is 39.3 Å². The molecule has 0 aromatic carbocycles. The van der Waals surface area contributed by atoms with Crippen LogP contribution in [0.25, 0.3) is 0 Å². The van der Waals surface area contributed by atoms with Crippen molar-refractivity contribution in [3.8, 4) is 0 Å². The van der Waals surface area contributed by atoms with E-state index in [0.29, 0.717) is 0 Å². The van der Waals surface area contributed by atoms with Crippen LogP contribution in [0, 0.1) is 0 Å². The normalized spacial score (nSPS) is 8.92. The molecule has 0 atom stereocenters. The van der Waals surface area contributed by atoms with Gasteiger partial charge in [-0.05, 0) is 0 Å². The Morgan fingerprint density at radius 2 is 0.708 bits per heavy atom. The number of aliphatic carboxylic acids is 4. The summed E-state index contributed by atoms with van der Waals surface area (Å²) in [5, 5.41) is 34.5. The summed E-state index contributed by atoms with van der Waals surface area (Å²) < 4.78 is 0. The fourth-order valence-electron chi connectivity index (χ4n) is 1.48. The van der Waals surface area contributed by atoms with Crippen LogP contribution in [-0.4, -0.2) is 127 Å². The van der Waals surface area contributed by atoms with Crippen LogP contribution in [0.3, 0.4) is 0 Å². The molecule has 14 heteroatoms. The Morgan fingerprint density at radius 3 is 0.833 bits per heavy atom. The van der Waals surface area contributed by atoms with Crippen molar-refractivity contribution in [2.45, 2.75) is 0 Å². The maximum Gasteiger partial charge on any atom is 3.00 e. The van der Waals surface area contributed by atoms with Crippen LogP contribution >= 0.6 is 0 Å². The van der Waals surface area contributed by atoms with Gasteiger partial charge < -0.3 is 36.9 Å². The third kappa shape index (κ3) is 20.2. The number of hydrogen-bond donors (Lipinski definition) is 4. The zero-order valence-corrected chi connectivity index (χ0v) is 13.6. The topological polar surface area (TPSA) is 246 Å². The molecule has 0 bridgehead atoms. The zero-order chi connectivity index (χ0) is 15.7. The van der Waals surface area contributed by atoms with Crippen LogP contribution in [-0.2, 0) is 19.2 Å². The predicted molar refractivity (Wildman–Crippen MR) is 75.0 cm³/mol. The molecular weight excluding hydrogens is 351 g/mol. The maximum absolute atomic E-state index is 10.6. The van der Waals surface area contributed by atoms with E-state index in [1.807, 2.05) is 0 Å². The molecule has 0 spiro atoms. The quantitative estimate of drug-likeness (QED) is 0.265. The zero-order valence-electron chi connectivity index (χ0n) is 12.5. The summed E-state index contributed by atoms with van der Waals surface area (Å²) in [7, 11) is 0. The summed E-state index contributed by atoms with van der Waals surface area (Å²) in [5.74, 6) is -4.91. The predicted octanol–water partition coefficient (Wildman–Crippen LogP) is -2.98. The second kappa shape index (κ2) is 17.6. The van der Waals surface area contributed by atoms with Gasteiger partial charge in [-0.15, -0.1) is 0 Å². The molecule has 0 saturated carbocycles. The van der Waals surface area contributed by atoms with Crippen LogP contribution in [0.2, 0.25) is 0 Å². The molecule has 24 heavy (non-hydrogen) atoms. The van der Waals surface area contributed by atoms with Gasteiger partial charge in [0.05, 0.1) is 26.2 Å². The molecule has 0 radical (unpaired) electrons. The minimum absolute atomic E-state index is 0. The van der Waals surface area contributed by atoms with Crippen molar-refractivity contribution in [3.05, 3.63) is 0 Å². The third-order valence-corrected chi connectivity index (χ3v) is 2.17. The van der Waals surface area contributed by atoms with E-state index in [9.17, 15) is 19.2 Å². The Balaban J connectivity index is -0.000000301. The van der Waals surface area contributed by atoms with E-state index in [4.69, 9.17) is 20.4 Å². The van der Waals surface area contributed by atoms with Crippen molar-refractivity contribution in [1.29, 1.82) is 0 Å². The summed E-state index contributed by atoms with van der Waals surface area (Å²) in [6.07, 6.45) is 0. The molecule has 138 valence electrons. The van der Waals surface area contributed by atoms with Gasteiger partial charge in [-0.3, -0.25) is 29.0 Å². The third-order valence-electron chi connectivity index (χ3n) is 2.17. The number of rotatable bonds is 11. The second-order valence-corrected chi connectivity index (χ2v) is 4.00. The van der Waals surface area contributed by atoms with Crippen LogP contribution in [0.15, 0.2) is 0 Å². The van der Waals surface area contributed by atoms with Crippen molar-refractivity contribution in [1.82, 2.24) is 9.80 Å². The van der Waals surface area contributed by atoms with E-state index in [1.165, 1.54) is 0 Å². The smallest absolute Gasteiger partial charge is 0.870 e. The van der Waals surface area contributed by atoms with Gasteiger partial charge in [-0.1, -0.05) is 0 Å². The molecule has 0 fully saturated rings. The van der Waals surface area contributed by atoms with Crippen LogP contribution in [0.4, 0.5) is 0 Å². The molecule has 0 aliphatic heterocycles. The molecule has 0 heterocycles. The van der Waals surface area contributed by atoms with Crippen molar-refractivity contribution >= 4 is 41.2 Å². The summed E-state index contributed by atoms with van der Waals surface area (Å²) >= 11 is 0. The summed E-state index contributed by atoms with van der Waals surface area (Å²) in [4.78, 5) is 44.4. The molecule has 0 unspecified atom stereocenters. The molecule has 0 aliphatic rings. The number of carboxylic acids is 4. The fraction of sp³-hybridized carbons (Fsp3) is 0.600. The summed E-state index contributed by atoms with van der Waals surface area (Å²) in [6.45, 7) is -2.25. The average Bonchev–Trinajstić information content (AvgIpc) is 2.22. The number of carbonyl (C=O) groups is 4. The second-order valence-electron chi connectivity index (χ2n) is 4.00. The van der Waals surface area contributed by atoms with E-state index >= 15 is 0 Å². The Bertz CT molecular complexity index is 325. The Morgan fingerprint density at radius 1 is 0.542 bits per heavy atom. The number of hydrogen-bond acceptors (Lipinski definition) is 9. The molecule has 0 rings (SSSR count). The Labute approximate surface area is 147 Å². The first kappa shape index (κ1) is 33.7. The minimum atomic E-state index is -1.23. The number of nitrogens with zero attached hydrogens (tertiary/aromatic N) is 2. The fourth-order valence-corrected chi connectivity index (χ4v) is 1.48. The van der Waals surface area contributed by atoms with E-state index in [2.05, 4.69) is 0 Å². The SMILES string of the molecule is O=C(O)CN(CCN(CC(=O)O)CC(=O)O)CC(=O)O.[Al+3].[OH-].[OH-].[OH-]. The molecule has 7 N–H and O–H groups in total. The largest absolute Gasteiger partial charge is 3.00 e. The van der Waals surface area contributed by atoms with Crippen molar-refractivity contribution in [3.63, 3.8) is 0 Å². The molecule has 0 saturated heterocycles. The van der Waals surface area contributed by atoms with Gasteiger partial charge >= 0.3 is 41.2 Å². The standard InChI is InChI=1S/C10H16N2O8.Al.3H2O/c13-7(14)3-11(4-8(15)16)1-2-12(5-9(17)18)6-10(19)20;;;;/h1-6H2,(H,13,14)(H,15,16)(H,17,18)(H,19,20);;3*1H2/q;+3;;;/p-3. The molecule has 0 amide bonds.